The number of benzene rings is 1. The number of hydrogen-bond donors (Lipinski definition) is 2. The van der Waals surface area contributed by atoms with Gasteiger partial charge in [-0.15, -0.1) is 0 Å². The zero-order valence-corrected chi connectivity index (χ0v) is 14.8. The van der Waals surface area contributed by atoms with E-state index < -0.39 is 5.97 Å². The standard InChI is InChI=1S/C16H13Cl2N5O3/c17-12-2-1-10(5-13(12)18)7-22-4-3-14(21-22)20-15(24)9-23-8-11(6-19-23)16(25)26/h1-6,8H,7,9H2,(H,25,26)(H,20,21,24). The van der Waals surface area contributed by atoms with Crippen molar-refractivity contribution in [2.75, 3.05) is 5.32 Å². The lowest BCUT2D eigenvalue weighted by molar-refractivity contribution is -0.116. The number of rotatable bonds is 6. The third kappa shape index (κ3) is 4.41. The number of anilines is 1. The van der Waals surface area contributed by atoms with Crippen molar-refractivity contribution < 1.29 is 14.7 Å². The van der Waals surface area contributed by atoms with Crippen LogP contribution < -0.4 is 5.32 Å². The summed E-state index contributed by atoms with van der Waals surface area (Å²) in [6, 6.07) is 6.95. The maximum absolute atomic E-state index is 12.0. The minimum atomic E-state index is -1.10. The van der Waals surface area contributed by atoms with Crippen molar-refractivity contribution in [1.82, 2.24) is 19.6 Å². The van der Waals surface area contributed by atoms with Gasteiger partial charge in [-0.05, 0) is 17.7 Å². The third-order valence-corrected chi connectivity index (χ3v) is 4.16. The molecular formula is C16H13Cl2N5O3. The molecule has 0 saturated carbocycles. The van der Waals surface area contributed by atoms with Gasteiger partial charge in [0.1, 0.15) is 6.54 Å². The number of amides is 1. The first kappa shape index (κ1) is 18.0. The maximum Gasteiger partial charge on any atom is 0.338 e. The molecule has 0 saturated heterocycles. The molecule has 134 valence electrons. The molecule has 1 amide bonds. The highest BCUT2D eigenvalue weighted by Crippen LogP contribution is 2.23. The molecule has 2 aromatic heterocycles. The van der Waals surface area contributed by atoms with Crippen LogP contribution in [0.4, 0.5) is 5.82 Å². The lowest BCUT2D eigenvalue weighted by Gasteiger charge is -2.04. The average molecular weight is 394 g/mol. The Balaban J connectivity index is 1.59. The second-order valence-corrected chi connectivity index (χ2v) is 6.24. The molecule has 8 nitrogen and oxygen atoms in total. The first-order valence-electron chi connectivity index (χ1n) is 7.43. The van der Waals surface area contributed by atoms with Crippen molar-refractivity contribution in [2.45, 2.75) is 13.1 Å². The molecule has 0 unspecified atom stereocenters. The predicted octanol–water partition coefficient (Wildman–Crippen LogP) is 2.77. The van der Waals surface area contributed by atoms with Gasteiger partial charge in [-0.3, -0.25) is 14.2 Å². The molecule has 0 bridgehead atoms. The van der Waals surface area contributed by atoms with Crippen LogP contribution in [0.3, 0.4) is 0 Å². The topological polar surface area (TPSA) is 102 Å². The van der Waals surface area contributed by atoms with Crippen molar-refractivity contribution >= 4 is 40.9 Å². The summed E-state index contributed by atoms with van der Waals surface area (Å²) in [5.41, 5.74) is 0.932. The molecule has 0 aliphatic heterocycles. The molecule has 10 heteroatoms. The Kier molecular flexibility index (Phi) is 5.24. The normalized spacial score (nSPS) is 10.7. The Morgan fingerprint density at radius 2 is 1.96 bits per heavy atom. The lowest BCUT2D eigenvalue weighted by atomic mass is 10.2. The van der Waals surface area contributed by atoms with E-state index in [0.29, 0.717) is 22.4 Å². The number of aromatic nitrogens is 4. The van der Waals surface area contributed by atoms with E-state index in [1.54, 1.807) is 29.1 Å². The Morgan fingerprint density at radius 3 is 2.65 bits per heavy atom. The highest BCUT2D eigenvalue weighted by molar-refractivity contribution is 6.42. The Morgan fingerprint density at radius 1 is 1.15 bits per heavy atom. The number of hydrogen-bond acceptors (Lipinski definition) is 4. The van der Waals surface area contributed by atoms with E-state index in [1.165, 1.54) is 17.1 Å². The number of carbonyl (C=O) groups excluding carboxylic acids is 1. The van der Waals surface area contributed by atoms with Gasteiger partial charge in [0.2, 0.25) is 5.91 Å². The summed E-state index contributed by atoms with van der Waals surface area (Å²) >= 11 is 11.9. The molecule has 2 heterocycles. The number of carboxylic acids is 1. The van der Waals surface area contributed by atoms with E-state index in [4.69, 9.17) is 28.3 Å². The zero-order valence-electron chi connectivity index (χ0n) is 13.3. The van der Waals surface area contributed by atoms with Gasteiger partial charge in [-0.25, -0.2) is 4.79 Å². The first-order valence-corrected chi connectivity index (χ1v) is 8.19. The van der Waals surface area contributed by atoms with Gasteiger partial charge in [0.15, 0.2) is 5.82 Å². The summed E-state index contributed by atoms with van der Waals surface area (Å²) in [7, 11) is 0. The largest absolute Gasteiger partial charge is 0.478 e. The molecule has 0 aliphatic carbocycles. The number of aromatic carboxylic acids is 1. The van der Waals surface area contributed by atoms with Crippen LogP contribution >= 0.6 is 23.2 Å². The van der Waals surface area contributed by atoms with Crippen LogP contribution in [-0.2, 0) is 17.9 Å². The Bertz CT molecular complexity index is 966. The second-order valence-electron chi connectivity index (χ2n) is 5.43. The van der Waals surface area contributed by atoms with Crippen molar-refractivity contribution in [1.29, 1.82) is 0 Å². The van der Waals surface area contributed by atoms with E-state index >= 15 is 0 Å². The summed E-state index contributed by atoms with van der Waals surface area (Å²) < 4.78 is 2.89. The van der Waals surface area contributed by atoms with Crippen molar-refractivity contribution in [3.05, 3.63) is 64.0 Å². The van der Waals surface area contributed by atoms with Gasteiger partial charge < -0.3 is 10.4 Å². The number of nitrogens with zero attached hydrogens (tertiary/aromatic N) is 4. The third-order valence-electron chi connectivity index (χ3n) is 3.42. The summed E-state index contributed by atoms with van der Waals surface area (Å²) in [6.45, 7) is 0.348. The highest BCUT2D eigenvalue weighted by atomic mass is 35.5. The second kappa shape index (κ2) is 7.59. The fraction of sp³-hybridized carbons (Fsp3) is 0.125. The van der Waals surface area contributed by atoms with Crippen molar-refractivity contribution in [3.63, 3.8) is 0 Å². The van der Waals surface area contributed by atoms with Crippen LogP contribution in [0.25, 0.3) is 0 Å². The minimum Gasteiger partial charge on any atom is -0.478 e. The van der Waals surface area contributed by atoms with E-state index in [1.807, 2.05) is 6.07 Å². The summed E-state index contributed by atoms with van der Waals surface area (Å²) in [6.07, 6.45) is 4.18. The Labute approximate surface area is 157 Å². The molecule has 0 atom stereocenters. The quantitative estimate of drug-likeness (QED) is 0.670. The summed E-state index contributed by atoms with van der Waals surface area (Å²) in [5, 5.41) is 20.5. The number of carboxylic acid groups (broad SMARTS) is 1. The average Bonchev–Trinajstić information content (AvgIpc) is 3.21. The van der Waals surface area contributed by atoms with E-state index in [-0.39, 0.29) is 18.0 Å². The number of carbonyl (C=O) groups is 2. The van der Waals surface area contributed by atoms with Crippen LogP contribution in [0.15, 0.2) is 42.9 Å². The minimum absolute atomic E-state index is 0.0173. The zero-order chi connectivity index (χ0) is 18.7. The van der Waals surface area contributed by atoms with Gasteiger partial charge in [0.25, 0.3) is 0 Å². The maximum atomic E-state index is 12.0. The first-order chi connectivity index (χ1) is 12.4. The number of halogens is 2. The number of nitrogens with one attached hydrogen (secondary N) is 1. The summed E-state index contributed by atoms with van der Waals surface area (Å²) in [5.74, 6) is -1.09. The highest BCUT2D eigenvalue weighted by Gasteiger charge is 2.10. The SMILES string of the molecule is O=C(Cn1cc(C(=O)O)cn1)Nc1ccn(Cc2ccc(Cl)c(Cl)c2)n1. The van der Waals surface area contributed by atoms with Gasteiger partial charge in [0.05, 0.1) is 28.4 Å². The molecule has 0 spiro atoms. The van der Waals surface area contributed by atoms with Crippen LogP contribution in [-0.4, -0.2) is 36.5 Å². The van der Waals surface area contributed by atoms with Gasteiger partial charge in [-0.1, -0.05) is 29.3 Å². The fourth-order valence-corrected chi connectivity index (χ4v) is 2.55. The Hall–Kier alpha value is -2.84. The van der Waals surface area contributed by atoms with E-state index in [0.717, 1.165) is 5.56 Å². The molecule has 3 rings (SSSR count). The molecule has 0 aliphatic rings. The van der Waals surface area contributed by atoms with Crippen LogP contribution in [0.1, 0.15) is 15.9 Å². The van der Waals surface area contributed by atoms with Gasteiger partial charge in [0, 0.05) is 18.5 Å². The van der Waals surface area contributed by atoms with Crippen molar-refractivity contribution in [3.8, 4) is 0 Å². The molecule has 1 aromatic carbocycles. The van der Waals surface area contributed by atoms with Crippen LogP contribution in [0, 0.1) is 0 Å². The fourth-order valence-electron chi connectivity index (χ4n) is 2.23. The molecule has 3 aromatic rings. The van der Waals surface area contributed by atoms with Crippen LogP contribution in [0.5, 0.6) is 0 Å². The molecule has 0 fully saturated rings. The smallest absolute Gasteiger partial charge is 0.338 e. The molecule has 2 N–H and O–H groups in total. The summed E-state index contributed by atoms with van der Waals surface area (Å²) in [4.78, 5) is 22.8. The van der Waals surface area contributed by atoms with E-state index in [2.05, 4.69) is 15.5 Å². The molecular weight excluding hydrogens is 381 g/mol. The van der Waals surface area contributed by atoms with Gasteiger partial charge >= 0.3 is 5.97 Å². The van der Waals surface area contributed by atoms with Crippen molar-refractivity contribution in [2.24, 2.45) is 0 Å². The van der Waals surface area contributed by atoms with E-state index in [9.17, 15) is 9.59 Å². The molecule has 26 heavy (non-hydrogen) atoms. The predicted molar refractivity (Wildman–Crippen MR) is 95.6 cm³/mol. The molecule has 0 radical (unpaired) electrons. The van der Waals surface area contributed by atoms with Crippen LogP contribution in [0.2, 0.25) is 10.0 Å². The monoisotopic (exact) mass is 393 g/mol. The van der Waals surface area contributed by atoms with Gasteiger partial charge in [-0.2, -0.15) is 10.2 Å². The lowest BCUT2D eigenvalue weighted by Crippen LogP contribution is -2.19.